The highest BCUT2D eigenvalue weighted by Gasteiger charge is 2.24. The van der Waals surface area contributed by atoms with Gasteiger partial charge in [0.25, 0.3) is 0 Å². The molecule has 0 spiro atoms. The first kappa shape index (κ1) is 26.9. The smallest absolute Gasteiger partial charge is 0.412 e. The average Bonchev–Trinajstić information content (AvgIpc) is 3.15. The Morgan fingerprint density at radius 3 is 2.33 bits per heavy atom. The summed E-state index contributed by atoms with van der Waals surface area (Å²) < 4.78 is 10.9. The Morgan fingerprint density at radius 1 is 0.939 bits per heavy atom. The van der Waals surface area contributed by atoms with Crippen LogP contribution in [0.1, 0.15) is 93.4 Å². The Hall–Kier alpha value is -2.34. The van der Waals surface area contributed by atoms with Crippen LogP contribution in [0.3, 0.4) is 0 Å². The van der Waals surface area contributed by atoms with E-state index in [9.17, 15) is 9.59 Å². The number of amides is 1. The fourth-order valence-corrected chi connectivity index (χ4v) is 4.50. The molecule has 0 bridgehead atoms. The molecule has 1 aromatic heterocycles. The highest BCUT2D eigenvalue weighted by molar-refractivity contribution is 7.16. The van der Waals surface area contributed by atoms with E-state index in [4.69, 9.17) is 9.47 Å². The first-order valence-corrected chi connectivity index (χ1v) is 12.9. The summed E-state index contributed by atoms with van der Waals surface area (Å²) in [6, 6.07) is 12.2. The largest absolute Gasteiger partial charge is 0.456 e. The third-order valence-corrected chi connectivity index (χ3v) is 6.19. The summed E-state index contributed by atoms with van der Waals surface area (Å²) in [7, 11) is 0. The lowest BCUT2D eigenvalue weighted by molar-refractivity contribution is 0.00712. The number of nitrogens with one attached hydrogen (secondary N) is 1. The normalized spacial score (nSPS) is 11.3. The Bertz CT molecular complexity index is 855. The molecule has 0 fully saturated rings. The predicted octanol–water partition coefficient (Wildman–Crippen LogP) is 7.79. The highest BCUT2D eigenvalue weighted by atomic mass is 32.1. The molecule has 1 N–H and O–H groups in total. The van der Waals surface area contributed by atoms with Crippen LogP contribution >= 0.6 is 11.3 Å². The van der Waals surface area contributed by atoms with Gasteiger partial charge in [0, 0.05) is 4.88 Å². The minimum absolute atomic E-state index is 0.384. The second-order valence-electron chi connectivity index (χ2n) is 9.33. The van der Waals surface area contributed by atoms with Crippen LogP contribution in [-0.4, -0.2) is 24.3 Å². The zero-order valence-corrected chi connectivity index (χ0v) is 21.4. The zero-order chi connectivity index (χ0) is 24.1. The molecule has 6 heteroatoms. The number of ether oxygens (including phenoxy) is 2. The van der Waals surface area contributed by atoms with Crippen molar-refractivity contribution in [2.45, 2.75) is 91.1 Å². The molecular weight excluding hydrogens is 434 g/mol. The maximum absolute atomic E-state index is 12.7. The number of anilines is 1. The summed E-state index contributed by atoms with van der Waals surface area (Å²) >= 11 is 1.42. The van der Waals surface area contributed by atoms with Crippen molar-refractivity contribution in [1.29, 1.82) is 0 Å². The van der Waals surface area contributed by atoms with Gasteiger partial charge in [-0.25, -0.2) is 9.59 Å². The van der Waals surface area contributed by atoms with Gasteiger partial charge in [0.2, 0.25) is 0 Å². The van der Waals surface area contributed by atoms with Gasteiger partial charge in [-0.15, -0.1) is 11.3 Å². The third kappa shape index (κ3) is 10.9. The fraction of sp³-hybridized carbons (Fsp3) is 0.556. The van der Waals surface area contributed by atoms with Crippen molar-refractivity contribution >= 4 is 28.4 Å². The van der Waals surface area contributed by atoms with E-state index in [1.807, 2.05) is 45.0 Å². The van der Waals surface area contributed by atoms with E-state index < -0.39 is 17.7 Å². The standard InChI is InChI=1S/C27H39NO4S/c1-5-6-7-8-9-13-19-31-26(30)28-24-23(25(29)32-27(2,3)4)20-22(33-24)18-14-17-21-15-11-10-12-16-21/h10-12,15-16,20H,5-9,13-14,17-19H2,1-4H3,(H,28,30). The van der Waals surface area contributed by atoms with Gasteiger partial charge in [0.15, 0.2) is 0 Å². The van der Waals surface area contributed by atoms with Gasteiger partial charge in [0.05, 0.1) is 12.2 Å². The molecule has 33 heavy (non-hydrogen) atoms. The first-order valence-electron chi connectivity index (χ1n) is 12.1. The SMILES string of the molecule is CCCCCCCCOC(=O)Nc1sc(CCCc2ccccc2)cc1C(=O)OC(C)(C)C. The van der Waals surface area contributed by atoms with Gasteiger partial charge < -0.3 is 9.47 Å². The number of unbranched alkanes of at least 4 members (excludes halogenated alkanes) is 5. The molecule has 182 valence electrons. The van der Waals surface area contributed by atoms with E-state index in [1.165, 1.54) is 42.6 Å². The third-order valence-electron chi connectivity index (χ3n) is 5.08. The van der Waals surface area contributed by atoms with E-state index in [2.05, 4.69) is 24.4 Å². The number of carbonyl (C=O) groups is 2. The summed E-state index contributed by atoms with van der Waals surface area (Å²) in [5, 5.41) is 3.27. The molecule has 1 heterocycles. The second-order valence-corrected chi connectivity index (χ2v) is 10.5. The molecule has 0 radical (unpaired) electrons. The molecule has 0 saturated carbocycles. The Kier molecular flexibility index (Phi) is 11.4. The molecule has 0 atom stereocenters. The van der Waals surface area contributed by atoms with Gasteiger partial charge in [-0.05, 0) is 58.1 Å². The van der Waals surface area contributed by atoms with Crippen LogP contribution in [0, 0.1) is 0 Å². The van der Waals surface area contributed by atoms with Crippen molar-refractivity contribution in [3.8, 4) is 0 Å². The lowest BCUT2D eigenvalue weighted by Gasteiger charge is -2.19. The first-order chi connectivity index (χ1) is 15.8. The molecule has 0 aliphatic carbocycles. The van der Waals surface area contributed by atoms with Gasteiger partial charge in [-0.3, -0.25) is 5.32 Å². The molecule has 0 aliphatic rings. The van der Waals surface area contributed by atoms with Crippen molar-refractivity contribution in [3.63, 3.8) is 0 Å². The van der Waals surface area contributed by atoms with Crippen molar-refractivity contribution in [3.05, 3.63) is 52.4 Å². The Morgan fingerprint density at radius 2 is 1.64 bits per heavy atom. The van der Waals surface area contributed by atoms with E-state index in [0.717, 1.165) is 37.0 Å². The van der Waals surface area contributed by atoms with Crippen LogP contribution in [0.4, 0.5) is 9.80 Å². The monoisotopic (exact) mass is 473 g/mol. The van der Waals surface area contributed by atoms with Crippen LogP contribution < -0.4 is 5.32 Å². The van der Waals surface area contributed by atoms with Crippen LogP contribution in [0.15, 0.2) is 36.4 Å². The van der Waals surface area contributed by atoms with Gasteiger partial charge in [-0.1, -0.05) is 69.4 Å². The highest BCUT2D eigenvalue weighted by Crippen LogP contribution is 2.31. The lowest BCUT2D eigenvalue weighted by Crippen LogP contribution is -2.24. The Balaban J connectivity index is 1.93. The predicted molar refractivity (Wildman–Crippen MR) is 136 cm³/mol. The minimum atomic E-state index is -0.609. The number of rotatable bonds is 13. The van der Waals surface area contributed by atoms with E-state index in [0.29, 0.717) is 17.2 Å². The van der Waals surface area contributed by atoms with Gasteiger partial charge in [0.1, 0.15) is 10.6 Å². The van der Waals surface area contributed by atoms with Crippen LogP contribution in [0.5, 0.6) is 0 Å². The summed E-state index contributed by atoms with van der Waals surface area (Å²) in [4.78, 5) is 26.1. The van der Waals surface area contributed by atoms with Crippen molar-refractivity contribution in [1.82, 2.24) is 0 Å². The summed E-state index contributed by atoms with van der Waals surface area (Å²) in [5.74, 6) is -0.431. The molecule has 0 saturated heterocycles. The summed E-state index contributed by atoms with van der Waals surface area (Å²) in [5.41, 5.74) is 1.07. The van der Waals surface area contributed by atoms with Crippen LogP contribution in [-0.2, 0) is 22.3 Å². The quantitative estimate of drug-likeness (QED) is 0.238. The number of benzene rings is 1. The molecule has 2 aromatic rings. The number of hydrogen-bond acceptors (Lipinski definition) is 5. The average molecular weight is 474 g/mol. The number of esters is 1. The Labute approximate surface area is 202 Å². The molecule has 5 nitrogen and oxygen atoms in total. The van der Waals surface area contributed by atoms with Crippen molar-refractivity contribution in [2.24, 2.45) is 0 Å². The molecular formula is C27H39NO4S. The number of thiophene rings is 1. The lowest BCUT2D eigenvalue weighted by atomic mass is 10.1. The maximum Gasteiger partial charge on any atom is 0.412 e. The number of carbonyl (C=O) groups excluding carboxylic acids is 2. The van der Waals surface area contributed by atoms with E-state index in [1.54, 1.807) is 0 Å². The molecule has 1 amide bonds. The molecule has 0 unspecified atom stereocenters. The van der Waals surface area contributed by atoms with Crippen LogP contribution in [0.25, 0.3) is 0 Å². The topological polar surface area (TPSA) is 64.6 Å². The minimum Gasteiger partial charge on any atom is -0.456 e. The zero-order valence-electron chi connectivity index (χ0n) is 20.6. The van der Waals surface area contributed by atoms with Crippen molar-refractivity contribution in [2.75, 3.05) is 11.9 Å². The number of hydrogen-bond donors (Lipinski definition) is 1. The van der Waals surface area contributed by atoms with E-state index in [-0.39, 0.29) is 0 Å². The van der Waals surface area contributed by atoms with Crippen molar-refractivity contribution < 1.29 is 19.1 Å². The molecule has 0 aliphatic heterocycles. The molecule has 1 aromatic carbocycles. The van der Waals surface area contributed by atoms with E-state index >= 15 is 0 Å². The molecule has 2 rings (SSSR count). The second kappa shape index (κ2) is 14.0. The maximum atomic E-state index is 12.7. The summed E-state index contributed by atoms with van der Waals surface area (Å²) in [6.45, 7) is 8.08. The van der Waals surface area contributed by atoms with Crippen LogP contribution in [0.2, 0.25) is 0 Å². The van der Waals surface area contributed by atoms with Gasteiger partial charge in [-0.2, -0.15) is 0 Å². The van der Waals surface area contributed by atoms with Gasteiger partial charge >= 0.3 is 12.1 Å². The fourth-order valence-electron chi connectivity index (χ4n) is 3.43. The number of aryl methyl sites for hydroxylation is 2. The summed E-state index contributed by atoms with van der Waals surface area (Å²) in [6.07, 6.45) is 8.99.